The summed E-state index contributed by atoms with van der Waals surface area (Å²) in [6.07, 6.45) is 7.13. The lowest BCUT2D eigenvalue weighted by atomic mass is 9.96. The Balaban J connectivity index is -0.000000190. The first-order chi connectivity index (χ1) is 7.93. The predicted molar refractivity (Wildman–Crippen MR) is 79.5 cm³/mol. The third-order valence-electron chi connectivity index (χ3n) is 2.01. The van der Waals surface area contributed by atoms with E-state index in [1.165, 1.54) is 32.1 Å². The van der Waals surface area contributed by atoms with E-state index in [0.29, 0.717) is 5.41 Å². The Morgan fingerprint density at radius 1 is 0.941 bits per heavy atom. The quantitative estimate of drug-likeness (QED) is 0.740. The molecule has 0 atom stereocenters. The molecule has 0 aromatic carbocycles. The van der Waals surface area contributed by atoms with Crippen LogP contribution in [0.15, 0.2) is 0 Å². The number of hydrogen-bond acceptors (Lipinski definition) is 2. The minimum absolute atomic E-state index is 0.500. The highest BCUT2D eigenvalue weighted by atomic mass is 16.1. The predicted octanol–water partition coefficient (Wildman–Crippen LogP) is 4.43. The molecule has 1 saturated carbocycles. The Labute approximate surface area is 110 Å². The maximum atomic E-state index is 8.00. The Morgan fingerprint density at radius 2 is 1.24 bits per heavy atom. The van der Waals surface area contributed by atoms with Gasteiger partial charge in [-0.15, -0.1) is 0 Å². The normalized spacial score (nSPS) is 15.2. The summed E-state index contributed by atoms with van der Waals surface area (Å²) in [5, 5.41) is 3.30. The van der Waals surface area contributed by atoms with Crippen molar-refractivity contribution in [3.05, 3.63) is 0 Å². The van der Waals surface area contributed by atoms with Crippen LogP contribution < -0.4 is 5.32 Å². The van der Waals surface area contributed by atoms with Crippen molar-refractivity contribution >= 4 is 6.79 Å². The molecule has 1 rings (SSSR count). The van der Waals surface area contributed by atoms with Crippen molar-refractivity contribution in [1.29, 1.82) is 0 Å². The molecule has 0 bridgehead atoms. The zero-order valence-electron chi connectivity index (χ0n) is 13.2. The highest BCUT2D eigenvalue weighted by Crippen LogP contribution is 2.16. The first-order valence-electron chi connectivity index (χ1n) is 6.89. The van der Waals surface area contributed by atoms with Crippen molar-refractivity contribution in [2.75, 3.05) is 7.05 Å². The fourth-order valence-electron chi connectivity index (χ4n) is 1.39. The summed E-state index contributed by atoms with van der Waals surface area (Å²) in [6.45, 7) is 14.8. The van der Waals surface area contributed by atoms with Crippen molar-refractivity contribution in [1.82, 2.24) is 5.32 Å². The third-order valence-corrected chi connectivity index (χ3v) is 2.01. The van der Waals surface area contributed by atoms with Gasteiger partial charge in [-0.1, -0.05) is 60.8 Å². The second kappa shape index (κ2) is 15.6. The Bertz CT molecular complexity index is 117. The second-order valence-electron chi connectivity index (χ2n) is 5.62. The van der Waals surface area contributed by atoms with Gasteiger partial charge >= 0.3 is 0 Å². The number of carbonyl (C=O) groups excluding carboxylic acids is 1. The van der Waals surface area contributed by atoms with Crippen LogP contribution in [0.3, 0.4) is 0 Å². The van der Waals surface area contributed by atoms with E-state index in [0.717, 1.165) is 6.04 Å². The molecule has 0 amide bonds. The second-order valence-corrected chi connectivity index (χ2v) is 5.62. The van der Waals surface area contributed by atoms with Crippen LogP contribution in [0.5, 0.6) is 0 Å². The minimum Gasteiger partial charge on any atom is -0.317 e. The van der Waals surface area contributed by atoms with E-state index < -0.39 is 0 Å². The van der Waals surface area contributed by atoms with Crippen molar-refractivity contribution < 1.29 is 4.79 Å². The number of nitrogens with one attached hydrogen (secondary N) is 1. The van der Waals surface area contributed by atoms with Gasteiger partial charge in [-0.2, -0.15) is 0 Å². The highest BCUT2D eigenvalue weighted by Gasteiger charge is 2.09. The monoisotopic (exact) mass is 245 g/mol. The van der Waals surface area contributed by atoms with E-state index in [4.69, 9.17) is 4.79 Å². The third kappa shape index (κ3) is 31.3. The van der Waals surface area contributed by atoms with Gasteiger partial charge in [0.15, 0.2) is 0 Å². The van der Waals surface area contributed by atoms with Gasteiger partial charge in [-0.25, -0.2) is 0 Å². The van der Waals surface area contributed by atoms with Crippen LogP contribution in [0.2, 0.25) is 0 Å². The first-order valence-corrected chi connectivity index (χ1v) is 6.89. The lowest BCUT2D eigenvalue weighted by Gasteiger charge is -2.20. The molecule has 0 heterocycles. The topological polar surface area (TPSA) is 29.1 Å². The summed E-state index contributed by atoms with van der Waals surface area (Å²) in [6, 6.07) is 0.837. The molecule has 0 aromatic rings. The largest absolute Gasteiger partial charge is 0.317 e. The van der Waals surface area contributed by atoms with E-state index in [9.17, 15) is 0 Å². The molecule has 1 aliphatic rings. The first kappa shape index (κ1) is 21.9. The minimum atomic E-state index is 0.500. The van der Waals surface area contributed by atoms with Gasteiger partial charge in [0.05, 0.1) is 0 Å². The molecule has 0 radical (unpaired) electrons. The molecule has 0 aromatic heterocycles. The molecule has 1 fully saturated rings. The smallest absolute Gasteiger partial charge is 0.106 e. The number of carbonyl (C=O) groups is 1. The van der Waals surface area contributed by atoms with Gasteiger partial charge in [-0.05, 0) is 25.3 Å². The van der Waals surface area contributed by atoms with E-state index in [-0.39, 0.29) is 0 Å². The lowest BCUT2D eigenvalue weighted by molar-refractivity contribution is -0.0979. The van der Waals surface area contributed by atoms with E-state index in [1.54, 1.807) is 0 Å². The standard InChI is InChI=1S/C7H15N.C5H12.C2H6.CH2O/c1-8-7-5-3-2-4-6-7;1-5(2,3)4;2*1-2/h7-8H,2-6H2,1H3;1-4H3;1-2H3;1H2. The van der Waals surface area contributed by atoms with Crippen molar-refractivity contribution in [3.63, 3.8) is 0 Å². The molecule has 0 aliphatic heterocycles. The summed E-state index contributed by atoms with van der Waals surface area (Å²) >= 11 is 0. The Kier molecular flexibility index (Phi) is 20.1. The molecule has 17 heavy (non-hydrogen) atoms. The summed E-state index contributed by atoms with van der Waals surface area (Å²) in [7, 11) is 2.07. The number of hydrogen-bond donors (Lipinski definition) is 1. The molecule has 1 aliphatic carbocycles. The van der Waals surface area contributed by atoms with E-state index >= 15 is 0 Å². The molecule has 2 nitrogen and oxygen atoms in total. The molecule has 0 unspecified atom stereocenters. The molecular weight excluding hydrogens is 210 g/mol. The zero-order valence-corrected chi connectivity index (χ0v) is 13.2. The SMILES string of the molecule is C=O.CC.CC(C)(C)C.CNC1CCCCC1. The Morgan fingerprint density at radius 3 is 1.41 bits per heavy atom. The summed E-state index contributed by atoms with van der Waals surface area (Å²) < 4.78 is 0. The molecule has 106 valence electrons. The van der Waals surface area contributed by atoms with Gasteiger partial charge in [0.25, 0.3) is 0 Å². The van der Waals surface area contributed by atoms with Crippen LogP contribution in [0.25, 0.3) is 0 Å². The zero-order chi connectivity index (χ0) is 14.3. The van der Waals surface area contributed by atoms with Gasteiger partial charge in [0.2, 0.25) is 0 Å². The molecular formula is C15H35NO. The van der Waals surface area contributed by atoms with Crippen molar-refractivity contribution in [2.45, 2.75) is 79.7 Å². The van der Waals surface area contributed by atoms with Gasteiger partial charge in [-0.3, -0.25) is 0 Å². The van der Waals surface area contributed by atoms with Crippen LogP contribution in [-0.4, -0.2) is 19.9 Å². The maximum Gasteiger partial charge on any atom is 0.106 e. The van der Waals surface area contributed by atoms with E-state index in [2.05, 4.69) is 40.1 Å². The van der Waals surface area contributed by atoms with E-state index in [1.807, 2.05) is 20.6 Å². The Hall–Kier alpha value is -0.370. The van der Waals surface area contributed by atoms with Gasteiger partial charge in [0.1, 0.15) is 6.79 Å². The molecule has 1 N–H and O–H groups in total. The van der Waals surface area contributed by atoms with Crippen molar-refractivity contribution in [2.24, 2.45) is 5.41 Å². The summed E-state index contributed by atoms with van der Waals surface area (Å²) in [5.74, 6) is 0. The van der Waals surface area contributed by atoms with Crippen LogP contribution in [0.1, 0.15) is 73.6 Å². The average molecular weight is 245 g/mol. The van der Waals surface area contributed by atoms with Gasteiger partial charge < -0.3 is 10.1 Å². The van der Waals surface area contributed by atoms with Crippen LogP contribution in [0, 0.1) is 5.41 Å². The van der Waals surface area contributed by atoms with Crippen molar-refractivity contribution in [3.8, 4) is 0 Å². The van der Waals surface area contributed by atoms with Crippen LogP contribution >= 0.6 is 0 Å². The molecule has 2 heteroatoms. The van der Waals surface area contributed by atoms with Crippen LogP contribution in [-0.2, 0) is 4.79 Å². The lowest BCUT2D eigenvalue weighted by Crippen LogP contribution is -2.26. The maximum absolute atomic E-state index is 8.00. The number of rotatable bonds is 1. The van der Waals surface area contributed by atoms with Gasteiger partial charge in [0, 0.05) is 6.04 Å². The fourth-order valence-corrected chi connectivity index (χ4v) is 1.39. The van der Waals surface area contributed by atoms with Crippen LogP contribution in [0.4, 0.5) is 0 Å². The summed E-state index contributed by atoms with van der Waals surface area (Å²) in [4.78, 5) is 8.00. The average Bonchev–Trinajstić information content (AvgIpc) is 2.33. The molecule has 0 spiro atoms. The highest BCUT2D eigenvalue weighted by molar-refractivity contribution is 5.10. The molecule has 0 saturated heterocycles. The summed E-state index contributed by atoms with van der Waals surface area (Å²) in [5.41, 5.74) is 0.500. The fraction of sp³-hybridized carbons (Fsp3) is 0.933.